The van der Waals surface area contributed by atoms with Crippen LogP contribution in [0.3, 0.4) is 0 Å². The summed E-state index contributed by atoms with van der Waals surface area (Å²) in [5.41, 5.74) is 3.54. The lowest BCUT2D eigenvalue weighted by atomic mass is 10.1. The normalized spacial score (nSPS) is 15.5. The summed E-state index contributed by atoms with van der Waals surface area (Å²) < 4.78 is 0. The molecule has 1 fully saturated rings. The SMILES string of the molecule is Cc1ccc(SCCN2CCC(NC(=O)Nc3ccccc3)CC2)cc1C. The van der Waals surface area contributed by atoms with Crippen LogP contribution < -0.4 is 10.6 Å². The Bertz CT molecular complexity index is 742. The van der Waals surface area contributed by atoms with Crippen molar-refractivity contribution in [1.82, 2.24) is 10.2 Å². The van der Waals surface area contributed by atoms with Gasteiger partial charge in [0.15, 0.2) is 0 Å². The molecule has 5 heteroatoms. The Morgan fingerprint density at radius 2 is 1.81 bits per heavy atom. The zero-order chi connectivity index (χ0) is 19.1. The third kappa shape index (κ3) is 6.29. The minimum Gasteiger partial charge on any atom is -0.335 e. The monoisotopic (exact) mass is 383 g/mol. The van der Waals surface area contributed by atoms with Gasteiger partial charge in [0, 0.05) is 42.0 Å². The van der Waals surface area contributed by atoms with E-state index in [2.05, 4.69) is 47.6 Å². The maximum Gasteiger partial charge on any atom is 0.319 e. The summed E-state index contributed by atoms with van der Waals surface area (Å²) in [5.74, 6) is 1.11. The molecular formula is C22H29N3OS. The number of carbonyl (C=O) groups excluding carboxylic acids is 1. The molecule has 1 heterocycles. The number of likely N-dealkylation sites (tertiary alicyclic amines) is 1. The molecule has 144 valence electrons. The Labute approximate surface area is 166 Å². The van der Waals surface area contributed by atoms with E-state index in [0.29, 0.717) is 0 Å². The van der Waals surface area contributed by atoms with E-state index >= 15 is 0 Å². The molecule has 2 aromatic carbocycles. The molecule has 0 saturated carbocycles. The van der Waals surface area contributed by atoms with Gasteiger partial charge >= 0.3 is 6.03 Å². The highest BCUT2D eigenvalue weighted by Crippen LogP contribution is 2.21. The first kappa shape index (κ1) is 19.8. The van der Waals surface area contributed by atoms with Crippen molar-refractivity contribution in [3.05, 3.63) is 59.7 Å². The van der Waals surface area contributed by atoms with Crippen LogP contribution in [-0.2, 0) is 0 Å². The number of nitrogens with one attached hydrogen (secondary N) is 2. The van der Waals surface area contributed by atoms with Crippen LogP contribution in [0.15, 0.2) is 53.4 Å². The first-order valence-electron chi connectivity index (χ1n) is 9.65. The summed E-state index contributed by atoms with van der Waals surface area (Å²) in [4.78, 5) is 16.0. The number of nitrogens with zero attached hydrogens (tertiary/aromatic N) is 1. The molecule has 2 N–H and O–H groups in total. The highest BCUT2D eigenvalue weighted by Gasteiger charge is 2.20. The van der Waals surface area contributed by atoms with Crippen molar-refractivity contribution in [2.45, 2.75) is 37.6 Å². The lowest BCUT2D eigenvalue weighted by Crippen LogP contribution is -2.46. The summed E-state index contributed by atoms with van der Waals surface area (Å²) in [7, 11) is 0. The molecule has 0 aromatic heterocycles. The molecule has 1 saturated heterocycles. The number of rotatable bonds is 6. The van der Waals surface area contributed by atoms with Crippen LogP contribution in [-0.4, -0.2) is 42.4 Å². The fraction of sp³-hybridized carbons (Fsp3) is 0.409. The number of thioether (sulfide) groups is 1. The molecule has 0 radical (unpaired) electrons. The predicted octanol–water partition coefficient (Wildman–Crippen LogP) is 4.68. The van der Waals surface area contributed by atoms with Crippen LogP contribution in [0.4, 0.5) is 10.5 Å². The van der Waals surface area contributed by atoms with Crippen LogP contribution in [0.1, 0.15) is 24.0 Å². The average molecular weight is 384 g/mol. The number of amides is 2. The number of para-hydroxylation sites is 1. The first-order chi connectivity index (χ1) is 13.1. The summed E-state index contributed by atoms with van der Waals surface area (Å²) >= 11 is 1.93. The van der Waals surface area contributed by atoms with Crippen molar-refractivity contribution in [3.63, 3.8) is 0 Å². The largest absolute Gasteiger partial charge is 0.335 e. The number of benzene rings is 2. The van der Waals surface area contributed by atoms with E-state index in [4.69, 9.17) is 0 Å². The third-order valence-electron chi connectivity index (χ3n) is 5.11. The molecule has 4 nitrogen and oxygen atoms in total. The molecule has 0 aliphatic carbocycles. The van der Waals surface area contributed by atoms with E-state index in [0.717, 1.165) is 43.9 Å². The number of piperidine rings is 1. The quantitative estimate of drug-likeness (QED) is 0.712. The van der Waals surface area contributed by atoms with Crippen LogP contribution in [0.5, 0.6) is 0 Å². The molecular weight excluding hydrogens is 354 g/mol. The zero-order valence-electron chi connectivity index (χ0n) is 16.2. The number of aryl methyl sites for hydroxylation is 2. The number of carbonyl (C=O) groups is 1. The van der Waals surface area contributed by atoms with Gasteiger partial charge in [-0.1, -0.05) is 24.3 Å². The summed E-state index contributed by atoms with van der Waals surface area (Å²) in [6.45, 7) is 7.52. The Balaban J connectivity index is 1.34. The topological polar surface area (TPSA) is 44.4 Å². The fourth-order valence-electron chi connectivity index (χ4n) is 3.27. The number of anilines is 1. The van der Waals surface area contributed by atoms with Crippen LogP contribution in [0, 0.1) is 13.8 Å². The van der Waals surface area contributed by atoms with Gasteiger partial charge in [0.05, 0.1) is 0 Å². The number of hydrogen-bond acceptors (Lipinski definition) is 3. The highest BCUT2D eigenvalue weighted by atomic mass is 32.2. The van der Waals surface area contributed by atoms with Crippen molar-refractivity contribution in [3.8, 4) is 0 Å². The van der Waals surface area contributed by atoms with Crippen LogP contribution >= 0.6 is 11.8 Å². The lowest BCUT2D eigenvalue weighted by molar-refractivity contribution is 0.204. The Morgan fingerprint density at radius 3 is 2.52 bits per heavy atom. The van der Waals surface area contributed by atoms with Crippen LogP contribution in [0.2, 0.25) is 0 Å². The Morgan fingerprint density at radius 1 is 1.07 bits per heavy atom. The Hall–Kier alpha value is -1.98. The first-order valence-corrected chi connectivity index (χ1v) is 10.6. The van der Waals surface area contributed by atoms with Gasteiger partial charge in [0.25, 0.3) is 0 Å². The lowest BCUT2D eigenvalue weighted by Gasteiger charge is -2.32. The minimum absolute atomic E-state index is 0.107. The molecule has 1 aliphatic rings. The Kier molecular flexibility index (Phi) is 7.18. The van der Waals surface area contributed by atoms with Crippen molar-refractivity contribution >= 4 is 23.5 Å². The smallest absolute Gasteiger partial charge is 0.319 e. The van der Waals surface area contributed by atoms with Gasteiger partial charge in [-0.05, 0) is 62.1 Å². The summed E-state index contributed by atoms with van der Waals surface area (Å²) in [6.07, 6.45) is 2.02. The van der Waals surface area contributed by atoms with E-state index in [9.17, 15) is 4.79 Å². The van der Waals surface area contributed by atoms with E-state index in [1.165, 1.54) is 16.0 Å². The molecule has 1 aliphatic heterocycles. The van der Waals surface area contributed by atoms with Gasteiger partial charge in [0.2, 0.25) is 0 Å². The molecule has 27 heavy (non-hydrogen) atoms. The minimum atomic E-state index is -0.107. The summed E-state index contributed by atoms with van der Waals surface area (Å²) in [5, 5.41) is 5.99. The number of urea groups is 1. The zero-order valence-corrected chi connectivity index (χ0v) is 17.0. The maximum atomic E-state index is 12.1. The maximum absolute atomic E-state index is 12.1. The van der Waals surface area contributed by atoms with Gasteiger partial charge < -0.3 is 15.5 Å². The van der Waals surface area contributed by atoms with Crippen molar-refractivity contribution in [1.29, 1.82) is 0 Å². The van der Waals surface area contributed by atoms with E-state index in [1.54, 1.807) is 0 Å². The van der Waals surface area contributed by atoms with Crippen molar-refractivity contribution in [2.75, 3.05) is 30.7 Å². The molecule has 2 aromatic rings. The highest BCUT2D eigenvalue weighted by molar-refractivity contribution is 7.99. The third-order valence-corrected chi connectivity index (χ3v) is 6.08. The van der Waals surface area contributed by atoms with Crippen molar-refractivity contribution in [2.24, 2.45) is 0 Å². The second kappa shape index (κ2) is 9.81. The van der Waals surface area contributed by atoms with Gasteiger partial charge in [-0.2, -0.15) is 0 Å². The van der Waals surface area contributed by atoms with Crippen LogP contribution in [0.25, 0.3) is 0 Å². The molecule has 0 unspecified atom stereocenters. The molecule has 2 amide bonds. The standard InChI is InChI=1S/C22H29N3OS/c1-17-8-9-21(16-18(17)2)27-15-14-25-12-10-20(11-13-25)24-22(26)23-19-6-4-3-5-7-19/h3-9,16,20H,10-15H2,1-2H3,(H2,23,24,26). The van der Waals surface area contributed by atoms with Crippen molar-refractivity contribution < 1.29 is 4.79 Å². The fourth-order valence-corrected chi connectivity index (χ4v) is 4.28. The van der Waals surface area contributed by atoms with E-state index < -0.39 is 0 Å². The van der Waals surface area contributed by atoms with Gasteiger partial charge in [0.1, 0.15) is 0 Å². The van der Waals surface area contributed by atoms with E-state index in [1.807, 2.05) is 42.1 Å². The van der Waals surface area contributed by atoms with Gasteiger partial charge in [-0.15, -0.1) is 11.8 Å². The second-order valence-corrected chi connectivity index (χ2v) is 8.34. The molecule has 0 atom stereocenters. The second-order valence-electron chi connectivity index (χ2n) is 7.17. The van der Waals surface area contributed by atoms with E-state index in [-0.39, 0.29) is 12.1 Å². The predicted molar refractivity (Wildman–Crippen MR) is 115 cm³/mol. The molecule has 0 spiro atoms. The molecule has 0 bridgehead atoms. The number of hydrogen-bond donors (Lipinski definition) is 2. The average Bonchev–Trinajstić information content (AvgIpc) is 2.67. The molecule has 3 rings (SSSR count). The van der Waals surface area contributed by atoms with Gasteiger partial charge in [-0.25, -0.2) is 4.79 Å². The van der Waals surface area contributed by atoms with Gasteiger partial charge in [-0.3, -0.25) is 0 Å². The summed E-state index contributed by atoms with van der Waals surface area (Å²) in [6, 6.07) is 16.4.